The number of nitrogens with zero attached hydrogens (tertiary/aromatic N) is 4. The van der Waals surface area contributed by atoms with Crippen molar-refractivity contribution in [3.63, 3.8) is 0 Å². The number of piperidine rings is 1. The molecule has 0 radical (unpaired) electrons. The average Bonchev–Trinajstić information content (AvgIpc) is 3.53. The average molecular weight is 456 g/mol. The van der Waals surface area contributed by atoms with E-state index in [1.807, 2.05) is 17.8 Å². The fourth-order valence-corrected chi connectivity index (χ4v) is 5.08. The number of aromatic nitrogens is 3. The molecule has 32 heavy (non-hydrogen) atoms. The number of carbonyl (C=O) groups is 1. The first-order valence-electron chi connectivity index (χ1n) is 11.2. The van der Waals surface area contributed by atoms with Crippen LogP contribution >= 0.6 is 11.6 Å². The van der Waals surface area contributed by atoms with Crippen LogP contribution < -0.4 is 10.2 Å². The van der Waals surface area contributed by atoms with Gasteiger partial charge in [0.25, 0.3) is 0 Å². The standard InChI is InChI=1S/C24H27ClFN5O/c1-30-8-6-20-23(30)27-14-28-24(20)31-7-2-3-15(13-31)9-21(32)22(16-4-5-16)29-19-11-17(25)10-18(26)12-19/h6,8,10-12,14-16,22,29H,2-5,7,9,13H2,1H3/t15-,22+/m0/s1. The number of halogens is 2. The van der Waals surface area contributed by atoms with Gasteiger partial charge in [-0.15, -0.1) is 0 Å². The smallest absolute Gasteiger partial charge is 0.155 e. The second kappa shape index (κ2) is 8.70. The lowest BCUT2D eigenvalue weighted by Gasteiger charge is -2.34. The molecule has 1 saturated heterocycles. The number of Topliss-reactive ketones (excluding diaryl/α,β-unsaturated/α-hetero) is 1. The summed E-state index contributed by atoms with van der Waals surface area (Å²) in [5.74, 6) is 1.33. The maximum absolute atomic E-state index is 13.8. The molecule has 1 saturated carbocycles. The van der Waals surface area contributed by atoms with Crippen LogP contribution in [0.15, 0.2) is 36.8 Å². The molecule has 2 atom stereocenters. The fraction of sp³-hybridized carbons (Fsp3) is 0.458. The van der Waals surface area contributed by atoms with Crippen molar-refractivity contribution in [2.75, 3.05) is 23.3 Å². The molecule has 5 rings (SSSR count). The highest BCUT2D eigenvalue weighted by atomic mass is 35.5. The van der Waals surface area contributed by atoms with Crippen LogP contribution in [0.2, 0.25) is 5.02 Å². The molecule has 1 aromatic carbocycles. The van der Waals surface area contributed by atoms with Gasteiger partial charge in [0.1, 0.15) is 23.6 Å². The number of aryl methyl sites for hydroxylation is 1. The van der Waals surface area contributed by atoms with E-state index >= 15 is 0 Å². The molecule has 3 aromatic rings. The van der Waals surface area contributed by atoms with E-state index < -0.39 is 5.82 Å². The van der Waals surface area contributed by atoms with Gasteiger partial charge in [0.2, 0.25) is 0 Å². The zero-order chi connectivity index (χ0) is 22.2. The third-order valence-electron chi connectivity index (χ3n) is 6.57. The van der Waals surface area contributed by atoms with E-state index in [0.717, 1.165) is 55.6 Å². The Kier molecular flexibility index (Phi) is 5.76. The van der Waals surface area contributed by atoms with Crippen LogP contribution in [0.4, 0.5) is 15.9 Å². The number of carbonyl (C=O) groups excluding carboxylic acids is 1. The van der Waals surface area contributed by atoms with E-state index in [4.69, 9.17) is 11.6 Å². The number of benzene rings is 1. The second-order valence-electron chi connectivity index (χ2n) is 9.10. The highest BCUT2D eigenvalue weighted by Gasteiger charge is 2.37. The predicted octanol–water partition coefficient (Wildman–Crippen LogP) is 4.83. The van der Waals surface area contributed by atoms with Crippen molar-refractivity contribution in [2.45, 2.75) is 38.1 Å². The van der Waals surface area contributed by atoms with E-state index in [9.17, 15) is 9.18 Å². The number of hydrogen-bond donors (Lipinski definition) is 1. The number of rotatable bonds is 7. The summed E-state index contributed by atoms with van der Waals surface area (Å²) in [6, 6.07) is 6.11. The monoisotopic (exact) mass is 455 g/mol. The Bertz CT molecular complexity index is 1120. The second-order valence-corrected chi connectivity index (χ2v) is 9.54. The van der Waals surface area contributed by atoms with Crippen LogP contribution in [0.1, 0.15) is 32.1 Å². The summed E-state index contributed by atoms with van der Waals surface area (Å²) in [6.45, 7) is 1.73. The third kappa shape index (κ3) is 4.44. The molecule has 0 spiro atoms. The summed E-state index contributed by atoms with van der Waals surface area (Å²) in [5.41, 5.74) is 1.48. The summed E-state index contributed by atoms with van der Waals surface area (Å²) >= 11 is 6.00. The van der Waals surface area contributed by atoms with Crippen molar-refractivity contribution in [1.82, 2.24) is 14.5 Å². The zero-order valence-corrected chi connectivity index (χ0v) is 18.9. The molecule has 0 bridgehead atoms. The van der Waals surface area contributed by atoms with E-state index in [1.54, 1.807) is 12.4 Å². The first kappa shape index (κ1) is 21.2. The predicted molar refractivity (Wildman–Crippen MR) is 125 cm³/mol. The number of nitrogens with one attached hydrogen (secondary N) is 1. The lowest BCUT2D eigenvalue weighted by Crippen LogP contribution is -2.39. The van der Waals surface area contributed by atoms with Crippen molar-refractivity contribution >= 4 is 39.9 Å². The maximum atomic E-state index is 13.8. The summed E-state index contributed by atoms with van der Waals surface area (Å²) in [7, 11) is 1.98. The van der Waals surface area contributed by atoms with Gasteiger partial charge in [0, 0.05) is 43.5 Å². The zero-order valence-electron chi connectivity index (χ0n) is 18.1. The lowest BCUT2D eigenvalue weighted by molar-refractivity contribution is -0.121. The molecular weight excluding hydrogens is 429 g/mol. The number of hydrogen-bond acceptors (Lipinski definition) is 5. The van der Waals surface area contributed by atoms with Gasteiger partial charge in [0.15, 0.2) is 5.78 Å². The maximum Gasteiger partial charge on any atom is 0.155 e. The molecule has 0 unspecified atom stereocenters. The van der Waals surface area contributed by atoms with Gasteiger partial charge >= 0.3 is 0 Å². The van der Waals surface area contributed by atoms with Crippen LogP contribution in [0.3, 0.4) is 0 Å². The molecular formula is C24H27ClFN5O. The van der Waals surface area contributed by atoms with Gasteiger partial charge in [-0.1, -0.05) is 11.6 Å². The highest BCUT2D eigenvalue weighted by Crippen LogP contribution is 2.37. The van der Waals surface area contributed by atoms with Gasteiger partial charge in [-0.25, -0.2) is 14.4 Å². The molecule has 0 amide bonds. The summed E-state index contributed by atoms with van der Waals surface area (Å²) in [5, 5.41) is 4.64. The molecule has 1 N–H and O–H groups in total. The van der Waals surface area contributed by atoms with Gasteiger partial charge in [0.05, 0.1) is 11.4 Å². The molecule has 3 heterocycles. The minimum absolute atomic E-state index is 0.201. The number of anilines is 2. The Hall–Kier alpha value is -2.67. The molecule has 2 aliphatic rings. The summed E-state index contributed by atoms with van der Waals surface area (Å²) in [4.78, 5) is 24.5. The molecule has 2 fully saturated rings. The Morgan fingerprint density at radius 3 is 2.91 bits per heavy atom. The molecule has 2 aromatic heterocycles. The SMILES string of the molecule is Cn1ccc2c(N3CCC[C@@H](CC(=O)[C@H](Nc4cc(F)cc(Cl)c4)C4CC4)C3)ncnc21. The minimum Gasteiger partial charge on any atom is -0.375 e. The summed E-state index contributed by atoms with van der Waals surface area (Å²) < 4.78 is 15.8. The lowest BCUT2D eigenvalue weighted by atomic mass is 9.89. The van der Waals surface area contributed by atoms with E-state index in [2.05, 4.69) is 26.3 Å². The van der Waals surface area contributed by atoms with Gasteiger partial charge in [-0.05, 0) is 61.8 Å². The third-order valence-corrected chi connectivity index (χ3v) is 6.79. The van der Waals surface area contributed by atoms with Crippen molar-refractivity contribution in [3.05, 3.63) is 47.6 Å². The quantitative estimate of drug-likeness (QED) is 0.553. The Balaban J connectivity index is 1.28. The fourth-order valence-electron chi connectivity index (χ4n) is 4.86. The van der Waals surface area contributed by atoms with E-state index in [-0.39, 0.29) is 17.7 Å². The Labute approximate surface area is 191 Å². The van der Waals surface area contributed by atoms with Crippen LogP contribution in [0.25, 0.3) is 11.0 Å². The Morgan fingerprint density at radius 2 is 2.12 bits per heavy atom. The van der Waals surface area contributed by atoms with E-state index in [1.165, 1.54) is 12.1 Å². The van der Waals surface area contributed by atoms with Crippen LogP contribution in [-0.2, 0) is 11.8 Å². The van der Waals surface area contributed by atoms with Crippen molar-refractivity contribution < 1.29 is 9.18 Å². The molecule has 1 aliphatic carbocycles. The summed E-state index contributed by atoms with van der Waals surface area (Å²) in [6.07, 6.45) is 8.22. The van der Waals surface area contributed by atoms with E-state index in [0.29, 0.717) is 23.0 Å². The van der Waals surface area contributed by atoms with Gasteiger partial charge < -0.3 is 14.8 Å². The van der Waals surface area contributed by atoms with Crippen molar-refractivity contribution in [2.24, 2.45) is 18.9 Å². The molecule has 1 aliphatic heterocycles. The minimum atomic E-state index is -0.401. The van der Waals surface area contributed by atoms with Gasteiger partial charge in [-0.2, -0.15) is 0 Å². The van der Waals surface area contributed by atoms with Gasteiger partial charge in [-0.3, -0.25) is 4.79 Å². The van der Waals surface area contributed by atoms with Crippen LogP contribution in [0, 0.1) is 17.7 Å². The molecule has 168 valence electrons. The van der Waals surface area contributed by atoms with Crippen molar-refractivity contribution in [3.8, 4) is 0 Å². The normalized spacial score (nSPS) is 19.8. The number of ketones is 1. The van der Waals surface area contributed by atoms with Crippen molar-refractivity contribution in [1.29, 1.82) is 0 Å². The van der Waals surface area contributed by atoms with Crippen LogP contribution in [-0.4, -0.2) is 39.4 Å². The molecule has 6 nitrogen and oxygen atoms in total. The number of fused-ring (bicyclic) bond motifs is 1. The molecule has 8 heteroatoms. The largest absolute Gasteiger partial charge is 0.375 e. The highest BCUT2D eigenvalue weighted by molar-refractivity contribution is 6.30. The van der Waals surface area contributed by atoms with Crippen LogP contribution in [0.5, 0.6) is 0 Å². The first-order chi connectivity index (χ1) is 15.5. The Morgan fingerprint density at radius 1 is 1.28 bits per heavy atom. The first-order valence-corrected chi connectivity index (χ1v) is 11.6. The topological polar surface area (TPSA) is 63.1 Å².